The number of aliphatic imine (C=N–C) groups is 1. The van der Waals surface area contributed by atoms with Crippen molar-refractivity contribution in [2.45, 2.75) is 13.3 Å². The van der Waals surface area contributed by atoms with Crippen LogP contribution in [0.1, 0.15) is 13.3 Å². The monoisotopic (exact) mass is 338 g/mol. The first-order valence-corrected chi connectivity index (χ1v) is 5.31. The fourth-order valence-electron chi connectivity index (χ4n) is 1.05. The summed E-state index contributed by atoms with van der Waals surface area (Å²) in [5.74, 6) is 3.33. The van der Waals surface area contributed by atoms with Crippen molar-refractivity contribution in [3.8, 4) is 12.3 Å². The minimum atomic E-state index is 0. The third-order valence-electron chi connectivity index (χ3n) is 1.74. The van der Waals surface area contributed by atoms with Crippen molar-refractivity contribution in [3.63, 3.8) is 0 Å². The summed E-state index contributed by atoms with van der Waals surface area (Å²) in [5, 5.41) is 6.18. The molecule has 0 aromatic heterocycles. The average molecular weight is 338 g/mol. The van der Waals surface area contributed by atoms with Gasteiger partial charge in [-0.15, -0.1) is 30.4 Å². The molecule has 0 aliphatic heterocycles. The lowest BCUT2D eigenvalue weighted by molar-refractivity contribution is 0.403. The molecule has 0 spiro atoms. The highest BCUT2D eigenvalue weighted by molar-refractivity contribution is 14.0. The number of terminal acetylenes is 1. The van der Waals surface area contributed by atoms with Crippen LogP contribution in [0.3, 0.4) is 0 Å². The van der Waals surface area contributed by atoms with Crippen molar-refractivity contribution in [1.29, 1.82) is 0 Å². The fourth-order valence-corrected chi connectivity index (χ4v) is 1.05. The number of halogens is 1. The molecule has 0 aliphatic rings. The highest BCUT2D eigenvalue weighted by atomic mass is 127. The smallest absolute Gasteiger partial charge is 0.192 e. The van der Waals surface area contributed by atoms with Crippen LogP contribution in [0.4, 0.5) is 0 Å². The van der Waals surface area contributed by atoms with Gasteiger partial charge in [-0.1, -0.05) is 5.92 Å². The van der Waals surface area contributed by atoms with Gasteiger partial charge in [0.1, 0.15) is 0 Å². The normalized spacial score (nSPS) is 10.6. The van der Waals surface area contributed by atoms with Gasteiger partial charge in [0.2, 0.25) is 0 Å². The molecule has 5 heteroatoms. The van der Waals surface area contributed by atoms with Crippen molar-refractivity contribution in [2.75, 3.05) is 40.3 Å². The van der Waals surface area contributed by atoms with Gasteiger partial charge in [0.15, 0.2) is 5.96 Å². The summed E-state index contributed by atoms with van der Waals surface area (Å²) in [4.78, 5) is 6.55. The highest BCUT2D eigenvalue weighted by Crippen LogP contribution is 1.84. The lowest BCUT2D eigenvalue weighted by Crippen LogP contribution is -2.37. The van der Waals surface area contributed by atoms with E-state index in [1.165, 1.54) is 0 Å². The molecule has 0 fully saturated rings. The van der Waals surface area contributed by atoms with Gasteiger partial charge in [0.05, 0.1) is 6.54 Å². The molecule has 0 amide bonds. The molecule has 0 unspecified atom stereocenters. The Morgan fingerprint density at radius 2 is 2.06 bits per heavy atom. The Morgan fingerprint density at radius 3 is 2.56 bits per heavy atom. The summed E-state index contributed by atoms with van der Waals surface area (Å²) in [7, 11) is 4.12. The van der Waals surface area contributed by atoms with Crippen LogP contribution in [0.2, 0.25) is 0 Å². The summed E-state index contributed by atoms with van der Waals surface area (Å²) >= 11 is 0. The van der Waals surface area contributed by atoms with Crippen molar-refractivity contribution >= 4 is 29.9 Å². The number of hydrogen-bond acceptors (Lipinski definition) is 2. The van der Waals surface area contributed by atoms with Crippen LogP contribution in [0, 0.1) is 12.3 Å². The van der Waals surface area contributed by atoms with Gasteiger partial charge in [-0.3, -0.25) is 4.99 Å². The first-order valence-electron chi connectivity index (χ1n) is 5.31. The molecule has 2 N–H and O–H groups in total. The third kappa shape index (κ3) is 11.6. The Balaban J connectivity index is 0. The minimum absolute atomic E-state index is 0. The Hall–Kier alpha value is -0.480. The van der Waals surface area contributed by atoms with Gasteiger partial charge >= 0.3 is 0 Å². The van der Waals surface area contributed by atoms with Gasteiger partial charge in [-0.25, -0.2) is 0 Å². The maximum absolute atomic E-state index is 5.17. The summed E-state index contributed by atoms with van der Waals surface area (Å²) in [6, 6.07) is 0. The zero-order valence-corrected chi connectivity index (χ0v) is 12.7. The molecule has 0 saturated carbocycles. The largest absolute Gasteiger partial charge is 0.357 e. The number of hydrogen-bond donors (Lipinski definition) is 2. The quantitative estimate of drug-likeness (QED) is 0.247. The molecule has 94 valence electrons. The first kappa shape index (κ1) is 17.9. The summed E-state index contributed by atoms with van der Waals surface area (Å²) in [6.45, 7) is 5.27. The second-order valence-electron chi connectivity index (χ2n) is 3.48. The average Bonchev–Trinajstić information content (AvgIpc) is 2.20. The third-order valence-corrected chi connectivity index (χ3v) is 1.74. The van der Waals surface area contributed by atoms with Gasteiger partial charge in [-0.05, 0) is 34.0 Å². The Labute approximate surface area is 116 Å². The second-order valence-corrected chi connectivity index (χ2v) is 3.48. The standard InChI is InChI=1S/C11H22N4.HI/c1-5-8-13-11(12-6-2)14-9-7-10-15(3)4;/h1H,6-10H2,2-4H3,(H2,12,13,14);1H. The van der Waals surface area contributed by atoms with Gasteiger partial charge in [0, 0.05) is 13.1 Å². The van der Waals surface area contributed by atoms with E-state index in [1.54, 1.807) is 0 Å². The molecule has 0 radical (unpaired) electrons. The van der Waals surface area contributed by atoms with Crippen LogP contribution in [0.25, 0.3) is 0 Å². The molecule has 4 nitrogen and oxygen atoms in total. The van der Waals surface area contributed by atoms with Gasteiger partial charge in [-0.2, -0.15) is 0 Å². The molecule has 16 heavy (non-hydrogen) atoms. The van der Waals surface area contributed by atoms with E-state index in [0.717, 1.165) is 32.0 Å². The van der Waals surface area contributed by atoms with Crippen LogP contribution < -0.4 is 10.6 Å². The topological polar surface area (TPSA) is 39.7 Å². The molecular formula is C11H23IN4. The maximum Gasteiger partial charge on any atom is 0.192 e. The predicted octanol–water partition coefficient (Wildman–Crippen LogP) is 0.744. The molecule has 0 atom stereocenters. The second kappa shape index (κ2) is 12.6. The summed E-state index contributed by atoms with van der Waals surface area (Å²) in [6.07, 6.45) is 6.22. The molecule has 0 saturated heterocycles. The van der Waals surface area contributed by atoms with Crippen molar-refractivity contribution in [1.82, 2.24) is 15.5 Å². The van der Waals surface area contributed by atoms with Crippen LogP contribution >= 0.6 is 24.0 Å². The number of nitrogens with zero attached hydrogens (tertiary/aromatic N) is 2. The molecule has 0 rings (SSSR count). The SMILES string of the molecule is C#CCNC(=NCCCN(C)C)NCC.I. The zero-order valence-electron chi connectivity index (χ0n) is 10.4. The van der Waals surface area contributed by atoms with Crippen molar-refractivity contribution in [2.24, 2.45) is 4.99 Å². The Kier molecular flexibility index (Phi) is 14.1. The lowest BCUT2D eigenvalue weighted by Gasteiger charge is -2.10. The highest BCUT2D eigenvalue weighted by Gasteiger charge is 1.94. The van der Waals surface area contributed by atoms with Crippen LogP contribution in [0.5, 0.6) is 0 Å². The molecule has 0 aliphatic carbocycles. The molecule has 0 bridgehead atoms. The summed E-state index contributed by atoms with van der Waals surface area (Å²) < 4.78 is 0. The van der Waals surface area contributed by atoms with Crippen LogP contribution in [-0.4, -0.2) is 51.1 Å². The zero-order chi connectivity index (χ0) is 11.5. The molecule has 0 aromatic rings. The lowest BCUT2D eigenvalue weighted by atomic mass is 10.4. The number of guanidine groups is 1. The molecule has 0 aromatic carbocycles. The van der Waals surface area contributed by atoms with E-state index >= 15 is 0 Å². The van der Waals surface area contributed by atoms with E-state index in [0.29, 0.717) is 6.54 Å². The first-order chi connectivity index (χ1) is 7.20. The fraction of sp³-hybridized carbons (Fsp3) is 0.727. The van der Waals surface area contributed by atoms with Gasteiger partial charge < -0.3 is 15.5 Å². The predicted molar refractivity (Wildman–Crippen MR) is 81.4 cm³/mol. The Bertz CT molecular complexity index is 221. The number of nitrogens with one attached hydrogen (secondary N) is 2. The number of rotatable bonds is 6. The van der Waals surface area contributed by atoms with Crippen LogP contribution in [-0.2, 0) is 0 Å². The maximum atomic E-state index is 5.17. The molecular weight excluding hydrogens is 315 g/mol. The van der Waals surface area contributed by atoms with E-state index in [-0.39, 0.29) is 24.0 Å². The van der Waals surface area contributed by atoms with E-state index in [9.17, 15) is 0 Å². The van der Waals surface area contributed by atoms with E-state index in [2.05, 4.69) is 40.5 Å². The Morgan fingerprint density at radius 1 is 1.38 bits per heavy atom. The van der Waals surface area contributed by atoms with Crippen LogP contribution in [0.15, 0.2) is 4.99 Å². The molecule has 0 heterocycles. The van der Waals surface area contributed by atoms with Crippen molar-refractivity contribution < 1.29 is 0 Å². The van der Waals surface area contributed by atoms with Gasteiger partial charge in [0.25, 0.3) is 0 Å². The van der Waals surface area contributed by atoms with E-state index in [1.807, 2.05) is 6.92 Å². The summed E-state index contributed by atoms with van der Waals surface area (Å²) in [5.41, 5.74) is 0. The van der Waals surface area contributed by atoms with E-state index in [4.69, 9.17) is 6.42 Å². The van der Waals surface area contributed by atoms with E-state index < -0.39 is 0 Å². The van der Waals surface area contributed by atoms with Crippen molar-refractivity contribution in [3.05, 3.63) is 0 Å². The minimum Gasteiger partial charge on any atom is -0.357 e.